The van der Waals surface area contributed by atoms with Crippen molar-refractivity contribution in [2.24, 2.45) is 4.99 Å². The lowest BCUT2D eigenvalue weighted by Crippen LogP contribution is -2.53. The Hall–Kier alpha value is -1.38. The highest BCUT2D eigenvalue weighted by atomic mass is 32.1. The third-order valence-electron chi connectivity index (χ3n) is 4.22. The summed E-state index contributed by atoms with van der Waals surface area (Å²) in [6.07, 6.45) is 0. The Balaban J connectivity index is 1.88. The molecular weight excluding hydrogens is 336 g/mol. The number of hydrogen-bond donors (Lipinski definition) is 2. The average Bonchev–Trinajstić information content (AvgIpc) is 3.07. The summed E-state index contributed by atoms with van der Waals surface area (Å²) in [7, 11) is 4.01. The molecule has 0 aromatic carbocycles. The molecule has 2 heterocycles. The molecule has 2 rings (SSSR count). The van der Waals surface area contributed by atoms with Crippen LogP contribution in [-0.2, 0) is 11.3 Å². The summed E-state index contributed by atoms with van der Waals surface area (Å²) in [4.78, 5) is 13.8. The second-order valence-electron chi connectivity index (χ2n) is 6.60. The third kappa shape index (κ3) is 6.13. The summed E-state index contributed by atoms with van der Waals surface area (Å²) >= 11 is 1.65. The number of hydrogen-bond acceptors (Lipinski definition) is 6. The van der Waals surface area contributed by atoms with Crippen LogP contribution < -0.4 is 15.5 Å². The summed E-state index contributed by atoms with van der Waals surface area (Å²) in [5, 5.41) is 9.85. The van der Waals surface area contributed by atoms with Crippen LogP contribution in [-0.4, -0.2) is 74.9 Å². The Labute approximate surface area is 155 Å². The fourth-order valence-corrected chi connectivity index (χ4v) is 3.58. The predicted molar refractivity (Wildman–Crippen MR) is 106 cm³/mol. The number of guanidine groups is 1. The van der Waals surface area contributed by atoms with Gasteiger partial charge in [0.2, 0.25) is 0 Å². The zero-order chi connectivity index (χ0) is 18.2. The van der Waals surface area contributed by atoms with E-state index < -0.39 is 0 Å². The zero-order valence-corrected chi connectivity index (χ0v) is 16.9. The Morgan fingerprint density at radius 3 is 2.96 bits per heavy atom. The molecule has 1 aromatic rings. The van der Waals surface area contributed by atoms with E-state index in [-0.39, 0.29) is 0 Å². The molecule has 1 aromatic heterocycles. The minimum absolute atomic E-state index is 0.433. The normalized spacial score (nSPS) is 20.4. The van der Waals surface area contributed by atoms with Gasteiger partial charge in [0.15, 0.2) is 11.1 Å². The number of nitrogens with zero attached hydrogens (tertiary/aromatic N) is 4. The molecule has 2 atom stereocenters. The van der Waals surface area contributed by atoms with Crippen molar-refractivity contribution in [2.75, 3.05) is 51.8 Å². The highest BCUT2D eigenvalue weighted by molar-refractivity contribution is 7.13. The number of aromatic nitrogens is 1. The number of nitrogens with one attached hydrogen (secondary N) is 2. The lowest BCUT2D eigenvalue weighted by atomic mass is 10.2. The van der Waals surface area contributed by atoms with Gasteiger partial charge in [0.1, 0.15) is 0 Å². The van der Waals surface area contributed by atoms with Gasteiger partial charge >= 0.3 is 0 Å². The summed E-state index contributed by atoms with van der Waals surface area (Å²) in [5.74, 6) is 0.842. The maximum atomic E-state index is 5.53. The monoisotopic (exact) mass is 368 g/mol. The fourth-order valence-electron chi connectivity index (χ4n) is 2.83. The van der Waals surface area contributed by atoms with Crippen LogP contribution in [0.25, 0.3) is 0 Å². The number of thiazole rings is 1. The van der Waals surface area contributed by atoms with E-state index in [9.17, 15) is 0 Å². The third-order valence-corrected chi connectivity index (χ3v) is 5.27. The van der Waals surface area contributed by atoms with Crippen molar-refractivity contribution in [3.05, 3.63) is 11.1 Å². The lowest BCUT2D eigenvalue weighted by Gasteiger charge is -2.38. The number of aliphatic imine (C=N–C) groups is 1. The van der Waals surface area contributed by atoms with E-state index in [1.165, 1.54) is 0 Å². The average molecular weight is 369 g/mol. The topological polar surface area (TPSA) is 65.0 Å². The standard InChI is InChI=1S/C17H32N6OS/c1-6-18-16(20-10-15-12-25-17(21-15)22(4)5)19-9-13(2)23-7-8-24-11-14(23)3/h12-14H,6-11H2,1-5H3,(H2,18,19,20). The van der Waals surface area contributed by atoms with Gasteiger partial charge in [-0.15, -0.1) is 11.3 Å². The largest absolute Gasteiger partial charge is 0.379 e. The molecule has 0 amide bonds. The molecular formula is C17H32N6OS. The zero-order valence-electron chi connectivity index (χ0n) is 16.1. The number of ether oxygens (including phenoxy) is 1. The van der Waals surface area contributed by atoms with Gasteiger partial charge < -0.3 is 20.3 Å². The maximum Gasteiger partial charge on any atom is 0.191 e. The lowest BCUT2D eigenvalue weighted by molar-refractivity contribution is -0.0174. The molecule has 25 heavy (non-hydrogen) atoms. The van der Waals surface area contributed by atoms with Crippen LogP contribution in [0.15, 0.2) is 10.4 Å². The van der Waals surface area contributed by atoms with E-state index in [1.807, 2.05) is 19.0 Å². The second kappa shape index (κ2) is 9.94. The molecule has 2 N–H and O–H groups in total. The maximum absolute atomic E-state index is 5.53. The first kappa shape index (κ1) is 19.9. The summed E-state index contributed by atoms with van der Waals surface area (Å²) in [6, 6.07) is 0.895. The van der Waals surface area contributed by atoms with Crippen molar-refractivity contribution in [1.82, 2.24) is 20.5 Å². The van der Waals surface area contributed by atoms with E-state index >= 15 is 0 Å². The molecule has 8 heteroatoms. The van der Waals surface area contributed by atoms with Gasteiger partial charge in [-0.3, -0.25) is 4.90 Å². The minimum Gasteiger partial charge on any atom is -0.379 e. The number of morpholine rings is 1. The molecule has 1 aliphatic rings. The molecule has 1 fully saturated rings. The van der Waals surface area contributed by atoms with Crippen molar-refractivity contribution < 1.29 is 4.74 Å². The first-order valence-corrected chi connectivity index (χ1v) is 9.86. The second-order valence-corrected chi connectivity index (χ2v) is 7.44. The van der Waals surface area contributed by atoms with Crippen molar-refractivity contribution in [1.29, 1.82) is 0 Å². The molecule has 0 saturated carbocycles. The Bertz CT molecular complexity index is 547. The van der Waals surface area contributed by atoms with E-state index in [4.69, 9.17) is 4.74 Å². The van der Waals surface area contributed by atoms with Crippen LogP contribution in [0.4, 0.5) is 5.13 Å². The summed E-state index contributed by atoms with van der Waals surface area (Å²) < 4.78 is 5.53. The first-order valence-electron chi connectivity index (χ1n) is 8.98. The van der Waals surface area contributed by atoms with Gasteiger partial charge in [-0.25, -0.2) is 9.98 Å². The van der Waals surface area contributed by atoms with Gasteiger partial charge in [0.05, 0.1) is 25.5 Å². The predicted octanol–water partition coefficient (Wildman–Crippen LogP) is 1.37. The molecule has 1 saturated heterocycles. The van der Waals surface area contributed by atoms with Crippen LogP contribution in [0.2, 0.25) is 0 Å². The van der Waals surface area contributed by atoms with Crippen LogP contribution >= 0.6 is 11.3 Å². The van der Waals surface area contributed by atoms with Crippen molar-refractivity contribution >= 4 is 22.4 Å². The first-order chi connectivity index (χ1) is 12.0. The van der Waals surface area contributed by atoms with Crippen molar-refractivity contribution in [2.45, 2.75) is 39.4 Å². The van der Waals surface area contributed by atoms with Crippen LogP contribution in [0.1, 0.15) is 26.5 Å². The Morgan fingerprint density at radius 2 is 2.32 bits per heavy atom. The van der Waals surface area contributed by atoms with Crippen LogP contribution in [0.3, 0.4) is 0 Å². The SMILES string of the molecule is CCNC(=NCc1csc(N(C)C)n1)NCC(C)N1CCOCC1C. The van der Waals surface area contributed by atoms with Crippen LogP contribution in [0, 0.1) is 0 Å². The van der Waals surface area contributed by atoms with Gasteiger partial charge in [0, 0.05) is 51.2 Å². The molecule has 7 nitrogen and oxygen atoms in total. The number of rotatable bonds is 7. The van der Waals surface area contributed by atoms with Gasteiger partial charge in [0.25, 0.3) is 0 Å². The molecule has 0 aliphatic carbocycles. The van der Waals surface area contributed by atoms with E-state index in [0.29, 0.717) is 18.6 Å². The minimum atomic E-state index is 0.433. The smallest absolute Gasteiger partial charge is 0.191 e. The van der Waals surface area contributed by atoms with Crippen LogP contribution in [0.5, 0.6) is 0 Å². The van der Waals surface area contributed by atoms with Gasteiger partial charge in [-0.05, 0) is 20.8 Å². The molecule has 0 radical (unpaired) electrons. The van der Waals surface area contributed by atoms with E-state index in [2.05, 4.69) is 51.7 Å². The quantitative estimate of drug-likeness (QED) is 0.560. The molecule has 1 aliphatic heterocycles. The van der Waals surface area contributed by atoms with Crippen molar-refractivity contribution in [3.63, 3.8) is 0 Å². The van der Waals surface area contributed by atoms with Gasteiger partial charge in [-0.2, -0.15) is 0 Å². The summed E-state index contributed by atoms with van der Waals surface area (Å²) in [6.45, 7) is 11.5. The van der Waals surface area contributed by atoms with Gasteiger partial charge in [-0.1, -0.05) is 0 Å². The Morgan fingerprint density at radius 1 is 1.52 bits per heavy atom. The highest BCUT2D eigenvalue weighted by Crippen LogP contribution is 2.18. The molecule has 0 spiro atoms. The number of anilines is 1. The fraction of sp³-hybridized carbons (Fsp3) is 0.765. The highest BCUT2D eigenvalue weighted by Gasteiger charge is 2.23. The molecule has 142 valence electrons. The van der Waals surface area contributed by atoms with E-state index in [1.54, 1.807) is 11.3 Å². The molecule has 0 bridgehead atoms. The molecule has 2 unspecified atom stereocenters. The summed E-state index contributed by atoms with van der Waals surface area (Å²) in [5.41, 5.74) is 1.00. The van der Waals surface area contributed by atoms with E-state index in [0.717, 1.165) is 49.6 Å². The van der Waals surface area contributed by atoms with Crippen molar-refractivity contribution in [3.8, 4) is 0 Å². The Kier molecular flexibility index (Phi) is 7.92.